The van der Waals surface area contributed by atoms with E-state index in [1.807, 2.05) is 24.3 Å². The van der Waals surface area contributed by atoms with Gasteiger partial charge in [0.2, 0.25) is 12.6 Å². The normalized spacial score (nSPS) is 15.6. The summed E-state index contributed by atoms with van der Waals surface area (Å²) in [6.45, 7) is 2.53. The van der Waals surface area contributed by atoms with Crippen LogP contribution in [0.3, 0.4) is 0 Å². The van der Waals surface area contributed by atoms with Gasteiger partial charge in [0, 0.05) is 29.8 Å². The molecule has 28 heavy (non-hydrogen) atoms. The van der Waals surface area contributed by atoms with E-state index in [2.05, 4.69) is 10.1 Å². The fraction of sp³-hybridized carbons (Fsp3) is 0.250. The van der Waals surface area contributed by atoms with Crippen LogP contribution in [0.25, 0.3) is 22.8 Å². The van der Waals surface area contributed by atoms with Crippen LogP contribution in [0.5, 0.6) is 11.5 Å². The van der Waals surface area contributed by atoms with Crippen molar-refractivity contribution in [1.82, 2.24) is 15.0 Å². The Hall–Kier alpha value is -3.39. The second kappa shape index (κ2) is 6.97. The van der Waals surface area contributed by atoms with Crippen LogP contribution in [0.15, 0.2) is 47.0 Å². The quantitative estimate of drug-likeness (QED) is 0.691. The van der Waals surface area contributed by atoms with Crippen LogP contribution >= 0.6 is 0 Å². The number of morpholine rings is 1. The molecule has 0 bridgehead atoms. The first-order valence-electron chi connectivity index (χ1n) is 8.99. The average Bonchev–Trinajstić information content (AvgIpc) is 3.43. The zero-order chi connectivity index (χ0) is 18.9. The van der Waals surface area contributed by atoms with Crippen molar-refractivity contribution in [2.75, 3.05) is 33.1 Å². The van der Waals surface area contributed by atoms with Crippen LogP contribution in [0.4, 0.5) is 0 Å². The first-order chi connectivity index (χ1) is 13.8. The third-order valence-electron chi connectivity index (χ3n) is 4.71. The van der Waals surface area contributed by atoms with Crippen LogP contribution in [0.2, 0.25) is 0 Å². The van der Waals surface area contributed by atoms with Crippen LogP contribution in [-0.4, -0.2) is 54.0 Å². The highest BCUT2D eigenvalue weighted by molar-refractivity contribution is 5.95. The molecular formula is C20H17N3O5. The molecule has 2 aromatic carbocycles. The molecule has 5 rings (SSSR count). The molecule has 1 fully saturated rings. The highest BCUT2D eigenvalue weighted by Gasteiger charge is 2.20. The monoisotopic (exact) mass is 379 g/mol. The van der Waals surface area contributed by atoms with Gasteiger partial charge in [-0.1, -0.05) is 17.3 Å². The largest absolute Gasteiger partial charge is 0.454 e. The van der Waals surface area contributed by atoms with Crippen LogP contribution in [-0.2, 0) is 4.74 Å². The van der Waals surface area contributed by atoms with Gasteiger partial charge in [0.1, 0.15) is 0 Å². The van der Waals surface area contributed by atoms with Gasteiger partial charge in [0.05, 0.1) is 13.2 Å². The van der Waals surface area contributed by atoms with Gasteiger partial charge in [-0.3, -0.25) is 4.79 Å². The highest BCUT2D eigenvalue weighted by Crippen LogP contribution is 2.35. The van der Waals surface area contributed by atoms with Gasteiger partial charge in [0.25, 0.3) is 11.8 Å². The SMILES string of the molecule is O=C(c1cccc(-c2noc(-c3ccc4c(c3)OCO4)n2)c1)N1CCOCC1. The van der Waals surface area contributed by atoms with E-state index in [1.165, 1.54) is 0 Å². The zero-order valence-electron chi connectivity index (χ0n) is 15.0. The lowest BCUT2D eigenvalue weighted by Gasteiger charge is -2.26. The molecule has 0 N–H and O–H groups in total. The van der Waals surface area contributed by atoms with Crippen molar-refractivity contribution >= 4 is 5.91 Å². The summed E-state index contributed by atoms with van der Waals surface area (Å²) in [5, 5.41) is 4.07. The molecule has 2 aliphatic rings. The lowest BCUT2D eigenvalue weighted by atomic mass is 10.1. The van der Waals surface area contributed by atoms with Crippen molar-refractivity contribution in [1.29, 1.82) is 0 Å². The summed E-state index contributed by atoms with van der Waals surface area (Å²) in [6, 6.07) is 12.7. The number of rotatable bonds is 3. The number of carbonyl (C=O) groups excluding carboxylic acids is 1. The summed E-state index contributed by atoms with van der Waals surface area (Å²) in [4.78, 5) is 19.0. The Morgan fingerprint density at radius 1 is 0.964 bits per heavy atom. The van der Waals surface area contributed by atoms with Gasteiger partial charge in [-0.2, -0.15) is 4.98 Å². The smallest absolute Gasteiger partial charge is 0.258 e. The first kappa shape index (κ1) is 16.8. The Labute approximate surface area is 160 Å². The Balaban J connectivity index is 1.40. The number of fused-ring (bicyclic) bond motifs is 1. The van der Waals surface area contributed by atoms with Crippen molar-refractivity contribution in [2.45, 2.75) is 0 Å². The predicted octanol–water partition coefficient (Wildman–Crippen LogP) is 2.60. The molecule has 3 aromatic rings. The van der Waals surface area contributed by atoms with E-state index in [1.54, 1.807) is 23.1 Å². The molecule has 1 aromatic heterocycles. The van der Waals surface area contributed by atoms with E-state index >= 15 is 0 Å². The van der Waals surface area contributed by atoms with Gasteiger partial charge in [-0.15, -0.1) is 0 Å². The maximum atomic E-state index is 12.7. The summed E-state index contributed by atoms with van der Waals surface area (Å²) in [5.74, 6) is 2.11. The van der Waals surface area contributed by atoms with E-state index in [0.717, 1.165) is 11.1 Å². The molecule has 142 valence electrons. The summed E-state index contributed by atoms with van der Waals surface area (Å²) in [5.41, 5.74) is 2.05. The first-order valence-corrected chi connectivity index (χ1v) is 8.99. The second-order valence-corrected chi connectivity index (χ2v) is 6.48. The second-order valence-electron chi connectivity index (χ2n) is 6.48. The molecule has 8 nitrogen and oxygen atoms in total. The maximum absolute atomic E-state index is 12.7. The molecule has 0 aliphatic carbocycles. The molecule has 0 spiro atoms. The van der Waals surface area contributed by atoms with E-state index in [0.29, 0.717) is 55.1 Å². The number of ether oxygens (including phenoxy) is 3. The number of carbonyl (C=O) groups is 1. The Morgan fingerprint density at radius 2 is 1.82 bits per heavy atom. The van der Waals surface area contributed by atoms with Crippen LogP contribution in [0.1, 0.15) is 10.4 Å². The summed E-state index contributed by atoms with van der Waals surface area (Å²) >= 11 is 0. The third-order valence-corrected chi connectivity index (χ3v) is 4.71. The van der Waals surface area contributed by atoms with Crippen LogP contribution < -0.4 is 9.47 Å². The average molecular weight is 379 g/mol. The van der Waals surface area contributed by atoms with Crippen molar-refractivity contribution in [2.24, 2.45) is 0 Å². The molecule has 0 radical (unpaired) electrons. The minimum Gasteiger partial charge on any atom is -0.454 e. The maximum Gasteiger partial charge on any atom is 0.258 e. The fourth-order valence-electron chi connectivity index (χ4n) is 3.23. The Morgan fingerprint density at radius 3 is 2.71 bits per heavy atom. The van der Waals surface area contributed by atoms with E-state index in [9.17, 15) is 4.79 Å². The number of hydrogen-bond donors (Lipinski definition) is 0. The molecule has 0 atom stereocenters. The summed E-state index contributed by atoms with van der Waals surface area (Å²) in [7, 11) is 0. The molecule has 1 amide bonds. The lowest BCUT2D eigenvalue weighted by Crippen LogP contribution is -2.40. The van der Waals surface area contributed by atoms with Gasteiger partial charge in [-0.05, 0) is 30.3 Å². The number of benzene rings is 2. The fourth-order valence-corrected chi connectivity index (χ4v) is 3.23. The van der Waals surface area contributed by atoms with Crippen molar-refractivity contribution in [3.05, 3.63) is 48.0 Å². The van der Waals surface area contributed by atoms with E-state index < -0.39 is 0 Å². The standard InChI is InChI=1S/C20H17N3O5/c24-20(23-6-8-25-9-7-23)15-3-1-2-13(10-15)18-21-19(28-22-18)14-4-5-16-17(11-14)27-12-26-16/h1-5,10-11H,6-9,12H2. The van der Waals surface area contributed by atoms with Gasteiger partial charge in [-0.25, -0.2) is 0 Å². The number of aromatic nitrogens is 2. The summed E-state index contributed by atoms with van der Waals surface area (Å²) < 4.78 is 21.4. The number of nitrogens with zero attached hydrogens (tertiary/aromatic N) is 3. The Kier molecular flexibility index (Phi) is 4.17. The van der Waals surface area contributed by atoms with Crippen LogP contribution in [0, 0.1) is 0 Å². The lowest BCUT2D eigenvalue weighted by molar-refractivity contribution is 0.0303. The van der Waals surface area contributed by atoms with Gasteiger partial charge in [0.15, 0.2) is 11.5 Å². The minimum atomic E-state index is -0.0235. The van der Waals surface area contributed by atoms with Crippen molar-refractivity contribution in [3.63, 3.8) is 0 Å². The topological polar surface area (TPSA) is 86.9 Å². The number of amides is 1. The third kappa shape index (κ3) is 3.07. The molecule has 0 unspecified atom stereocenters. The summed E-state index contributed by atoms with van der Waals surface area (Å²) in [6.07, 6.45) is 0. The minimum absolute atomic E-state index is 0.0235. The molecule has 1 saturated heterocycles. The Bertz CT molecular complexity index is 1030. The predicted molar refractivity (Wildman–Crippen MR) is 98.0 cm³/mol. The van der Waals surface area contributed by atoms with Gasteiger partial charge >= 0.3 is 0 Å². The molecule has 8 heteroatoms. The zero-order valence-corrected chi connectivity index (χ0v) is 15.0. The van der Waals surface area contributed by atoms with E-state index in [4.69, 9.17) is 18.7 Å². The van der Waals surface area contributed by atoms with Crippen molar-refractivity contribution < 1.29 is 23.5 Å². The molecule has 0 saturated carbocycles. The van der Waals surface area contributed by atoms with Gasteiger partial charge < -0.3 is 23.6 Å². The highest BCUT2D eigenvalue weighted by atomic mass is 16.7. The number of hydrogen-bond acceptors (Lipinski definition) is 7. The molecule has 3 heterocycles. The molecule has 2 aliphatic heterocycles. The van der Waals surface area contributed by atoms with Crippen molar-refractivity contribution in [3.8, 4) is 34.3 Å². The van der Waals surface area contributed by atoms with E-state index in [-0.39, 0.29) is 12.7 Å². The molecular weight excluding hydrogens is 362 g/mol.